The molecular weight excluding hydrogens is 310 g/mol. The lowest BCUT2D eigenvalue weighted by molar-refractivity contribution is 0.567. The van der Waals surface area contributed by atoms with E-state index in [0.29, 0.717) is 10.6 Å². The third-order valence-corrected chi connectivity index (χ3v) is 4.80. The van der Waals surface area contributed by atoms with E-state index in [-0.39, 0.29) is 16.1 Å². The maximum atomic E-state index is 12.4. The highest BCUT2D eigenvalue weighted by atomic mass is 35.5. The molecule has 0 radical (unpaired) electrons. The van der Waals surface area contributed by atoms with Gasteiger partial charge in [-0.3, -0.25) is 9.82 Å². The number of sulfonamides is 1. The molecule has 0 bridgehead atoms. The SMILES string of the molecule is Cc1cc(Cl)ccc1S(=O)(=O)Nc1cc(C(C)(C)C)[nH]n1. The van der Waals surface area contributed by atoms with E-state index >= 15 is 0 Å². The summed E-state index contributed by atoms with van der Waals surface area (Å²) in [6, 6.07) is 6.34. The van der Waals surface area contributed by atoms with Crippen molar-refractivity contribution in [3.8, 4) is 0 Å². The second-order valence-electron chi connectivity index (χ2n) is 5.93. The van der Waals surface area contributed by atoms with Crippen LogP contribution in [0.5, 0.6) is 0 Å². The molecule has 0 saturated heterocycles. The molecule has 0 unspecified atom stereocenters. The van der Waals surface area contributed by atoms with Gasteiger partial charge in [0.05, 0.1) is 4.90 Å². The first-order valence-corrected chi connectivity index (χ1v) is 8.30. The Balaban J connectivity index is 2.31. The number of nitrogens with zero attached hydrogens (tertiary/aromatic N) is 1. The summed E-state index contributed by atoms with van der Waals surface area (Å²) < 4.78 is 27.2. The Kier molecular flexibility index (Phi) is 4.04. The first-order valence-electron chi connectivity index (χ1n) is 6.44. The van der Waals surface area contributed by atoms with Crippen molar-refractivity contribution in [2.75, 3.05) is 4.72 Å². The highest BCUT2D eigenvalue weighted by Gasteiger charge is 2.21. The van der Waals surface area contributed by atoms with Crippen LogP contribution in [-0.4, -0.2) is 18.6 Å². The molecule has 0 fully saturated rings. The van der Waals surface area contributed by atoms with E-state index in [1.165, 1.54) is 6.07 Å². The Morgan fingerprint density at radius 3 is 2.43 bits per heavy atom. The lowest BCUT2D eigenvalue weighted by atomic mass is 9.92. The number of anilines is 1. The molecule has 0 atom stereocenters. The van der Waals surface area contributed by atoms with Gasteiger partial charge in [0.15, 0.2) is 5.82 Å². The van der Waals surface area contributed by atoms with E-state index in [2.05, 4.69) is 14.9 Å². The number of rotatable bonds is 3. The van der Waals surface area contributed by atoms with Crippen LogP contribution in [0, 0.1) is 6.92 Å². The van der Waals surface area contributed by atoms with E-state index in [4.69, 9.17) is 11.6 Å². The predicted molar refractivity (Wildman–Crippen MR) is 84.3 cm³/mol. The van der Waals surface area contributed by atoms with E-state index < -0.39 is 10.0 Å². The minimum atomic E-state index is -3.68. The van der Waals surface area contributed by atoms with E-state index in [0.717, 1.165) is 5.69 Å². The molecule has 0 amide bonds. The summed E-state index contributed by atoms with van der Waals surface area (Å²) in [5, 5.41) is 7.35. The summed E-state index contributed by atoms with van der Waals surface area (Å²) in [5.74, 6) is 0.272. The summed E-state index contributed by atoms with van der Waals surface area (Å²) in [7, 11) is -3.68. The summed E-state index contributed by atoms with van der Waals surface area (Å²) in [6.07, 6.45) is 0. The molecule has 0 aliphatic rings. The van der Waals surface area contributed by atoms with Gasteiger partial charge >= 0.3 is 0 Å². The Labute approximate surface area is 129 Å². The number of benzene rings is 1. The number of aromatic amines is 1. The van der Waals surface area contributed by atoms with Crippen molar-refractivity contribution < 1.29 is 8.42 Å². The standard InChI is InChI=1S/C14H18ClN3O2S/c1-9-7-10(15)5-6-11(9)21(19,20)18-13-8-12(16-17-13)14(2,3)4/h5-8H,1-4H3,(H2,16,17,18). The molecule has 21 heavy (non-hydrogen) atoms. The van der Waals surface area contributed by atoms with Gasteiger partial charge in [-0.2, -0.15) is 5.10 Å². The fourth-order valence-corrected chi connectivity index (χ4v) is 3.31. The van der Waals surface area contributed by atoms with E-state index in [1.54, 1.807) is 25.1 Å². The van der Waals surface area contributed by atoms with Crippen LogP contribution in [0.25, 0.3) is 0 Å². The number of aromatic nitrogens is 2. The molecule has 0 spiro atoms. The summed E-state index contributed by atoms with van der Waals surface area (Å²) in [6.45, 7) is 7.75. The van der Waals surface area contributed by atoms with Gasteiger partial charge in [0.1, 0.15) is 0 Å². The second kappa shape index (κ2) is 5.35. The van der Waals surface area contributed by atoms with Gasteiger partial charge in [-0.05, 0) is 30.7 Å². The predicted octanol–water partition coefficient (Wildman–Crippen LogP) is 3.47. The van der Waals surface area contributed by atoms with Crippen LogP contribution < -0.4 is 4.72 Å². The van der Waals surface area contributed by atoms with Gasteiger partial charge < -0.3 is 0 Å². The van der Waals surface area contributed by atoms with Crippen molar-refractivity contribution in [3.63, 3.8) is 0 Å². The number of hydrogen-bond acceptors (Lipinski definition) is 3. The van der Waals surface area contributed by atoms with Gasteiger partial charge in [-0.15, -0.1) is 0 Å². The highest BCUT2D eigenvalue weighted by Crippen LogP contribution is 2.25. The third kappa shape index (κ3) is 3.57. The molecule has 0 aliphatic carbocycles. The van der Waals surface area contributed by atoms with Crippen molar-refractivity contribution in [1.82, 2.24) is 10.2 Å². The molecule has 7 heteroatoms. The first kappa shape index (κ1) is 15.9. The molecule has 1 aromatic carbocycles. The Morgan fingerprint density at radius 2 is 1.90 bits per heavy atom. The van der Waals surface area contributed by atoms with E-state index in [9.17, 15) is 8.42 Å². The Morgan fingerprint density at radius 1 is 1.24 bits per heavy atom. The number of nitrogens with one attached hydrogen (secondary N) is 2. The minimum Gasteiger partial charge on any atom is -0.280 e. The molecular formula is C14H18ClN3O2S. The molecule has 114 valence electrons. The van der Waals surface area contributed by atoms with Gasteiger partial charge in [-0.1, -0.05) is 32.4 Å². The largest absolute Gasteiger partial charge is 0.280 e. The zero-order valence-electron chi connectivity index (χ0n) is 12.4. The highest BCUT2D eigenvalue weighted by molar-refractivity contribution is 7.92. The zero-order valence-corrected chi connectivity index (χ0v) is 13.9. The molecule has 0 aliphatic heterocycles. The molecule has 1 heterocycles. The van der Waals surface area contributed by atoms with Gasteiger partial charge in [0.25, 0.3) is 10.0 Å². The summed E-state index contributed by atoms with van der Waals surface area (Å²) in [5.41, 5.74) is 1.31. The van der Waals surface area contributed by atoms with Crippen LogP contribution in [0.1, 0.15) is 32.0 Å². The van der Waals surface area contributed by atoms with Crippen LogP contribution in [-0.2, 0) is 15.4 Å². The van der Waals surface area contributed by atoms with Gasteiger partial charge in [-0.25, -0.2) is 8.42 Å². The molecule has 2 aromatic rings. The van der Waals surface area contributed by atoms with Crippen molar-refractivity contribution in [1.29, 1.82) is 0 Å². The van der Waals surface area contributed by atoms with Crippen molar-refractivity contribution in [3.05, 3.63) is 40.5 Å². The summed E-state index contributed by atoms with van der Waals surface area (Å²) in [4.78, 5) is 0.187. The topological polar surface area (TPSA) is 74.8 Å². The van der Waals surface area contributed by atoms with Gasteiger partial charge in [0, 0.05) is 22.2 Å². The molecule has 2 N–H and O–H groups in total. The van der Waals surface area contributed by atoms with Crippen molar-refractivity contribution in [2.24, 2.45) is 0 Å². The summed E-state index contributed by atoms with van der Waals surface area (Å²) >= 11 is 5.85. The van der Waals surface area contributed by atoms with Crippen molar-refractivity contribution in [2.45, 2.75) is 38.0 Å². The van der Waals surface area contributed by atoms with E-state index in [1.807, 2.05) is 20.8 Å². The fraction of sp³-hybridized carbons (Fsp3) is 0.357. The third-order valence-electron chi connectivity index (χ3n) is 3.05. The monoisotopic (exact) mass is 327 g/mol. The van der Waals surface area contributed by atoms with Crippen LogP contribution in [0.4, 0.5) is 5.82 Å². The van der Waals surface area contributed by atoms with Crippen LogP contribution in [0.3, 0.4) is 0 Å². The maximum Gasteiger partial charge on any atom is 0.263 e. The number of H-pyrrole nitrogens is 1. The quantitative estimate of drug-likeness (QED) is 0.906. The Hall–Kier alpha value is -1.53. The van der Waals surface area contributed by atoms with Crippen LogP contribution in [0.15, 0.2) is 29.2 Å². The number of halogens is 1. The second-order valence-corrected chi connectivity index (χ2v) is 8.02. The maximum absolute atomic E-state index is 12.4. The zero-order chi connectivity index (χ0) is 15.8. The smallest absolute Gasteiger partial charge is 0.263 e. The minimum absolute atomic E-state index is 0.132. The van der Waals surface area contributed by atoms with Crippen LogP contribution >= 0.6 is 11.6 Å². The Bertz CT molecular complexity index is 761. The number of aryl methyl sites for hydroxylation is 1. The van der Waals surface area contributed by atoms with Crippen molar-refractivity contribution >= 4 is 27.4 Å². The average molecular weight is 328 g/mol. The molecule has 1 aromatic heterocycles. The van der Waals surface area contributed by atoms with Crippen LogP contribution in [0.2, 0.25) is 5.02 Å². The lowest BCUT2D eigenvalue weighted by Gasteiger charge is -2.14. The van der Waals surface area contributed by atoms with Gasteiger partial charge in [0.2, 0.25) is 0 Å². The number of hydrogen-bond donors (Lipinski definition) is 2. The average Bonchev–Trinajstić information content (AvgIpc) is 2.75. The first-order chi connectivity index (χ1) is 9.59. The molecule has 5 nitrogen and oxygen atoms in total. The molecule has 0 saturated carbocycles. The normalized spacial score (nSPS) is 12.4. The molecule has 2 rings (SSSR count). The lowest BCUT2D eigenvalue weighted by Crippen LogP contribution is -2.14. The fourth-order valence-electron chi connectivity index (χ4n) is 1.87.